The Labute approximate surface area is 175 Å². The number of benzene rings is 2. The van der Waals surface area contributed by atoms with Crippen molar-refractivity contribution in [3.8, 4) is 5.75 Å². The van der Waals surface area contributed by atoms with E-state index >= 15 is 0 Å². The van der Waals surface area contributed by atoms with E-state index in [1.807, 2.05) is 0 Å². The van der Waals surface area contributed by atoms with Crippen molar-refractivity contribution in [1.29, 1.82) is 0 Å². The van der Waals surface area contributed by atoms with Gasteiger partial charge in [0.15, 0.2) is 0 Å². The van der Waals surface area contributed by atoms with E-state index < -0.39 is 17.6 Å². The van der Waals surface area contributed by atoms with Crippen LogP contribution in [0.1, 0.15) is 43.1 Å². The van der Waals surface area contributed by atoms with Gasteiger partial charge in [-0.25, -0.2) is 4.79 Å². The molecule has 0 atom stereocenters. The fourth-order valence-corrected chi connectivity index (χ4v) is 2.53. The number of carbonyl (C=O) groups is 3. The van der Waals surface area contributed by atoms with Crippen LogP contribution in [0.25, 0.3) is 0 Å². The Balaban J connectivity index is 1.86. The van der Waals surface area contributed by atoms with Crippen molar-refractivity contribution >= 4 is 23.6 Å². The van der Waals surface area contributed by atoms with Gasteiger partial charge in [-0.15, -0.1) is 0 Å². The van der Waals surface area contributed by atoms with Gasteiger partial charge in [0.1, 0.15) is 11.4 Å². The molecule has 0 saturated heterocycles. The summed E-state index contributed by atoms with van der Waals surface area (Å²) in [5.41, 5.74) is 0.786. The zero-order valence-electron chi connectivity index (χ0n) is 17.3. The second kappa shape index (κ2) is 10.3. The van der Waals surface area contributed by atoms with Gasteiger partial charge >= 0.3 is 6.09 Å². The summed E-state index contributed by atoms with van der Waals surface area (Å²) >= 11 is 0. The zero-order chi connectivity index (χ0) is 22.1. The molecule has 2 aromatic rings. The highest BCUT2D eigenvalue weighted by molar-refractivity contribution is 6.06. The molecule has 0 aliphatic rings. The second-order valence-corrected chi connectivity index (χ2v) is 7.58. The van der Waals surface area contributed by atoms with Gasteiger partial charge in [0.25, 0.3) is 5.91 Å². The van der Waals surface area contributed by atoms with E-state index in [0.29, 0.717) is 11.3 Å². The van der Waals surface area contributed by atoms with Gasteiger partial charge in [-0.3, -0.25) is 9.59 Å². The van der Waals surface area contributed by atoms with Crippen LogP contribution in [0.15, 0.2) is 48.5 Å². The van der Waals surface area contributed by atoms with E-state index in [2.05, 4.69) is 16.0 Å². The number of hydrogen-bond acceptors (Lipinski definition) is 5. The molecule has 0 aliphatic carbocycles. The minimum atomic E-state index is -0.600. The lowest BCUT2D eigenvalue weighted by Gasteiger charge is -2.19. The third kappa shape index (κ3) is 7.46. The van der Waals surface area contributed by atoms with Crippen LogP contribution < -0.4 is 16.0 Å². The maximum Gasteiger partial charge on any atom is 0.407 e. The van der Waals surface area contributed by atoms with E-state index in [-0.39, 0.29) is 36.7 Å². The van der Waals surface area contributed by atoms with Crippen molar-refractivity contribution in [2.75, 3.05) is 11.9 Å². The number of para-hydroxylation sites is 2. The normalized spacial score (nSPS) is 10.8. The van der Waals surface area contributed by atoms with Crippen LogP contribution in [0.3, 0.4) is 0 Å². The standard InChI is InChI=1S/C22H27N3O5/c1-22(2,3)30-21(29)23-13-12-19(27)24-14-15-8-4-6-10-17(15)25-20(28)16-9-5-7-11-18(16)26/h4-11,26H,12-14H2,1-3H3,(H,23,29)(H,24,27)(H,25,28). The Bertz CT molecular complexity index is 906. The molecular weight excluding hydrogens is 386 g/mol. The Morgan fingerprint density at radius 2 is 1.63 bits per heavy atom. The predicted octanol–water partition coefficient (Wildman–Crippen LogP) is 3.18. The number of aromatic hydroxyl groups is 1. The third-order valence-corrected chi connectivity index (χ3v) is 3.91. The number of nitrogens with one attached hydrogen (secondary N) is 3. The summed E-state index contributed by atoms with van der Waals surface area (Å²) in [7, 11) is 0. The molecule has 30 heavy (non-hydrogen) atoms. The largest absolute Gasteiger partial charge is 0.507 e. The molecule has 0 radical (unpaired) electrons. The highest BCUT2D eigenvalue weighted by atomic mass is 16.6. The van der Waals surface area contributed by atoms with E-state index in [1.54, 1.807) is 57.2 Å². The summed E-state index contributed by atoms with van der Waals surface area (Å²) in [6.45, 7) is 5.62. The Kier molecular flexibility index (Phi) is 7.80. The summed E-state index contributed by atoms with van der Waals surface area (Å²) in [5.74, 6) is -0.820. The van der Waals surface area contributed by atoms with Gasteiger partial charge in [-0.1, -0.05) is 30.3 Å². The molecule has 0 unspecified atom stereocenters. The average Bonchev–Trinajstić information content (AvgIpc) is 2.66. The molecule has 2 aromatic carbocycles. The molecule has 0 aromatic heterocycles. The topological polar surface area (TPSA) is 117 Å². The first-order valence-electron chi connectivity index (χ1n) is 9.56. The van der Waals surface area contributed by atoms with Crippen LogP contribution in [0.5, 0.6) is 5.75 Å². The Morgan fingerprint density at radius 1 is 0.967 bits per heavy atom. The van der Waals surface area contributed by atoms with Gasteiger partial charge in [0, 0.05) is 25.2 Å². The molecule has 0 saturated carbocycles. The van der Waals surface area contributed by atoms with E-state index in [0.717, 1.165) is 0 Å². The number of hydrogen-bond donors (Lipinski definition) is 4. The number of phenols is 1. The summed E-state index contributed by atoms with van der Waals surface area (Å²) in [4.78, 5) is 36.1. The lowest BCUT2D eigenvalue weighted by Crippen LogP contribution is -2.35. The summed E-state index contributed by atoms with van der Waals surface area (Å²) in [6, 6.07) is 13.3. The maximum absolute atomic E-state index is 12.4. The molecule has 0 spiro atoms. The number of carbonyl (C=O) groups excluding carboxylic acids is 3. The highest BCUT2D eigenvalue weighted by Crippen LogP contribution is 2.20. The summed E-state index contributed by atoms with van der Waals surface area (Å²) < 4.78 is 5.11. The molecule has 4 N–H and O–H groups in total. The van der Waals surface area contributed by atoms with Crippen molar-refractivity contribution < 1.29 is 24.2 Å². The first kappa shape index (κ1) is 22.7. The van der Waals surface area contributed by atoms with Crippen LogP contribution in [-0.4, -0.2) is 35.2 Å². The number of alkyl carbamates (subject to hydrolysis) is 1. The van der Waals surface area contributed by atoms with Crippen molar-refractivity contribution in [2.45, 2.75) is 39.3 Å². The molecule has 0 bridgehead atoms. The minimum absolute atomic E-state index is 0.0889. The number of anilines is 1. The van der Waals surface area contributed by atoms with Gasteiger partial charge in [0.05, 0.1) is 5.56 Å². The van der Waals surface area contributed by atoms with Crippen molar-refractivity contribution in [3.05, 3.63) is 59.7 Å². The molecule has 3 amide bonds. The number of rotatable bonds is 7. The van der Waals surface area contributed by atoms with E-state index in [1.165, 1.54) is 12.1 Å². The smallest absolute Gasteiger partial charge is 0.407 e. The van der Waals surface area contributed by atoms with Gasteiger partial charge in [-0.2, -0.15) is 0 Å². The molecule has 0 fully saturated rings. The Morgan fingerprint density at radius 3 is 2.33 bits per heavy atom. The molecule has 8 heteroatoms. The molecule has 160 valence electrons. The Hall–Kier alpha value is -3.55. The molecule has 8 nitrogen and oxygen atoms in total. The number of ether oxygens (including phenoxy) is 1. The quantitative estimate of drug-likeness (QED) is 0.556. The maximum atomic E-state index is 12.4. The summed E-state index contributed by atoms with van der Waals surface area (Å²) in [5, 5.41) is 17.9. The fourth-order valence-electron chi connectivity index (χ4n) is 2.53. The van der Waals surface area contributed by atoms with E-state index in [4.69, 9.17) is 4.74 Å². The number of phenolic OH excluding ortho intramolecular Hbond substituents is 1. The van der Waals surface area contributed by atoms with Crippen molar-refractivity contribution in [3.63, 3.8) is 0 Å². The lowest BCUT2D eigenvalue weighted by molar-refractivity contribution is -0.121. The monoisotopic (exact) mass is 413 g/mol. The third-order valence-electron chi connectivity index (χ3n) is 3.91. The lowest BCUT2D eigenvalue weighted by atomic mass is 10.1. The molecule has 2 rings (SSSR count). The van der Waals surface area contributed by atoms with Crippen molar-refractivity contribution in [1.82, 2.24) is 10.6 Å². The van der Waals surface area contributed by atoms with Gasteiger partial charge in [0.2, 0.25) is 5.91 Å². The van der Waals surface area contributed by atoms with Crippen LogP contribution in [0.2, 0.25) is 0 Å². The fraction of sp³-hybridized carbons (Fsp3) is 0.318. The van der Waals surface area contributed by atoms with Crippen molar-refractivity contribution in [2.24, 2.45) is 0 Å². The van der Waals surface area contributed by atoms with Crippen LogP contribution in [0, 0.1) is 0 Å². The average molecular weight is 413 g/mol. The van der Waals surface area contributed by atoms with Crippen LogP contribution in [0.4, 0.5) is 10.5 Å². The molecular formula is C22H27N3O5. The second-order valence-electron chi connectivity index (χ2n) is 7.58. The van der Waals surface area contributed by atoms with Crippen LogP contribution in [-0.2, 0) is 16.1 Å². The summed E-state index contributed by atoms with van der Waals surface area (Å²) in [6.07, 6.45) is -0.487. The predicted molar refractivity (Wildman–Crippen MR) is 113 cm³/mol. The highest BCUT2D eigenvalue weighted by Gasteiger charge is 2.16. The number of amides is 3. The van der Waals surface area contributed by atoms with Crippen LogP contribution >= 0.6 is 0 Å². The molecule has 0 aliphatic heterocycles. The van der Waals surface area contributed by atoms with Gasteiger partial charge < -0.3 is 25.8 Å². The molecule has 0 heterocycles. The first-order chi connectivity index (χ1) is 14.2. The van der Waals surface area contributed by atoms with Gasteiger partial charge in [-0.05, 0) is 44.5 Å². The van der Waals surface area contributed by atoms with E-state index in [9.17, 15) is 19.5 Å². The SMILES string of the molecule is CC(C)(C)OC(=O)NCCC(=O)NCc1ccccc1NC(=O)c1ccccc1O. The zero-order valence-corrected chi connectivity index (χ0v) is 17.3. The first-order valence-corrected chi connectivity index (χ1v) is 9.56. The minimum Gasteiger partial charge on any atom is -0.507 e.